The fourth-order valence-corrected chi connectivity index (χ4v) is 4.93. The van der Waals surface area contributed by atoms with Crippen molar-refractivity contribution < 1.29 is 23.4 Å². The largest absolute Gasteiger partial charge is 0.508 e. The van der Waals surface area contributed by atoms with Gasteiger partial charge in [0, 0.05) is 47.3 Å². The van der Waals surface area contributed by atoms with Crippen molar-refractivity contribution in [3.8, 4) is 17.2 Å². The summed E-state index contributed by atoms with van der Waals surface area (Å²) in [6, 6.07) is 16.8. The van der Waals surface area contributed by atoms with Crippen molar-refractivity contribution in [3.63, 3.8) is 0 Å². The molecule has 0 saturated carbocycles. The monoisotopic (exact) mass is 497 g/mol. The Morgan fingerprint density at radius 3 is 2.57 bits per heavy atom. The molecule has 182 valence electrons. The van der Waals surface area contributed by atoms with Crippen molar-refractivity contribution in [1.82, 2.24) is 4.90 Å². The maximum Gasteiger partial charge on any atom is 0.150 e. The van der Waals surface area contributed by atoms with Gasteiger partial charge in [-0.05, 0) is 66.6 Å². The summed E-state index contributed by atoms with van der Waals surface area (Å²) in [5.74, 6) is 1.24. The molecule has 0 bridgehead atoms. The first kappa shape index (κ1) is 23.6. The van der Waals surface area contributed by atoms with E-state index in [1.54, 1.807) is 18.2 Å². The molecular weight excluding hydrogens is 472 g/mol. The van der Waals surface area contributed by atoms with Gasteiger partial charge >= 0.3 is 0 Å². The number of aromatic hydroxyl groups is 1. The standard InChI is InChI=1S/C28H26ClF2NO3/c1-17-23-13-21(33)5-9-26(23)35-28(27(17)24-12-20(31)4-8-25(24)29)19-2-6-22(7-3-19)34-11-10-32-15-18(14-30)16-32/h2-9,12-13,18,28,33H,10-11,14-16H2,1H3/t28-/m0/s1. The zero-order valence-corrected chi connectivity index (χ0v) is 20.1. The maximum absolute atomic E-state index is 14.2. The average molecular weight is 498 g/mol. The van der Waals surface area contributed by atoms with Crippen LogP contribution >= 0.6 is 11.6 Å². The zero-order chi connectivity index (χ0) is 24.5. The van der Waals surface area contributed by atoms with E-state index in [0.29, 0.717) is 22.9 Å². The van der Waals surface area contributed by atoms with Crippen LogP contribution in [0.25, 0.3) is 11.1 Å². The molecule has 1 atom stereocenters. The number of phenols is 1. The van der Waals surface area contributed by atoms with E-state index in [0.717, 1.165) is 47.7 Å². The smallest absolute Gasteiger partial charge is 0.150 e. The predicted octanol–water partition coefficient (Wildman–Crippen LogP) is 6.53. The summed E-state index contributed by atoms with van der Waals surface area (Å²) in [4.78, 5) is 2.17. The van der Waals surface area contributed by atoms with E-state index in [9.17, 15) is 13.9 Å². The van der Waals surface area contributed by atoms with E-state index in [4.69, 9.17) is 21.1 Å². The second-order valence-corrected chi connectivity index (χ2v) is 9.45. The van der Waals surface area contributed by atoms with Crippen molar-refractivity contribution in [2.45, 2.75) is 13.0 Å². The van der Waals surface area contributed by atoms with Crippen LogP contribution < -0.4 is 9.47 Å². The predicted molar refractivity (Wildman–Crippen MR) is 133 cm³/mol. The Morgan fingerprint density at radius 1 is 1.06 bits per heavy atom. The normalized spacial score (nSPS) is 18.1. The summed E-state index contributed by atoms with van der Waals surface area (Å²) in [7, 11) is 0. The minimum atomic E-state index is -0.529. The lowest BCUT2D eigenvalue weighted by Gasteiger charge is -2.37. The van der Waals surface area contributed by atoms with Gasteiger partial charge in [-0.2, -0.15) is 0 Å². The molecule has 2 aliphatic heterocycles. The highest BCUT2D eigenvalue weighted by Crippen LogP contribution is 2.48. The van der Waals surface area contributed by atoms with E-state index in [-0.39, 0.29) is 18.3 Å². The highest BCUT2D eigenvalue weighted by atomic mass is 35.5. The van der Waals surface area contributed by atoms with Crippen LogP contribution in [0.1, 0.15) is 29.7 Å². The number of nitrogens with zero attached hydrogens (tertiary/aromatic N) is 1. The summed E-state index contributed by atoms with van der Waals surface area (Å²) < 4.78 is 39.0. The zero-order valence-electron chi connectivity index (χ0n) is 19.3. The first-order valence-electron chi connectivity index (χ1n) is 11.6. The molecule has 1 N–H and O–H groups in total. The van der Waals surface area contributed by atoms with Gasteiger partial charge < -0.3 is 14.6 Å². The first-order valence-corrected chi connectivity index (χ1v) is 12.0. The molecule has 0 amide bonds. The Bertz CT molecular complexity index is 1260. The molecule has 0 unspecified atom stereocenters. The van der Waals surface area contributed by atoms with Gasteiger partial charge in [-0.1, -0.05) is 23.7 Å². The Morgan fingerprint density at radius 2 is 1.83 bits per heavy atom. The van der Waals surface area contributed by atoms with E-state index in [1.165, 1.54) is 18.2 Å². The molecule has 4 nitrogen and oxygen atoms in total. The average Bonchev–Trinajstić information content (AvgIpc) is 2.83. The topological polar surface area (TPSA) is 41.9 Å². The fourth-order valence-electron chi connectivity index (χ4n) is 4.71. The van der Waals surface area contributed by atoms with Crippen molar-refractivity contribution in [3.05, 3.63) is 88.2 Å². The number of phenolic OH excluding ortho intramolecular Hbond substituents is 1. The Hall–Kier alpha value is -3.09. The number of halogens is 3. The molecule has 2 aliphatic rings. The quantitative estimate of drug-likeness (QED) is 0.403. The maximum atomic E-state index is 14.2. The number of allylic oxidation sites excluding steroid dienone is 1. The minimum Gasteiger partial charge on any atom is -0.508 e. The van der Waals surface area contributed by atoms with Crippen LogP contribution in [0.2, 0.25) is 5.02 Å². The summed E-state index contributed by atoms with van der Waals surface area (Å²) in [6.45, 7) is 4.52. The van der Waals surface area contributed by atoms with E-state index in [1.807, 2.05) is 31.2 Å². The van der Waals surface area contributed by atoms with E-state index >= 15 is 0 Å². The number of benzene rings is 3. The van der Waals surface area contributed by atoms with Gasteiger partial charge in [-0.3, -0.25) is 9.29 Å². The van der Waals surface area contributed by atoms with Crippen LogP contribution in [0.5, 0.6) is 17.2 Å². The lowest BCUT2D eigenvalue weighted by molar-refractivity contribution is 0.0668. The van der Waals surface area contributed by atoms with Crippen molar-refractivity contribution >= 4 is 22.7 Å². The molecule has 1 fully saturated rings. The van der Waals surface area contributed by atoms with Gasteiger partial charge in [0.25, 0.3) is 0 Å². The summed E-state index contributed by atoms with van der Waals surface area (Å²) in [5, 5.41) is 10.4. The van der Waals surface area contributed by atoms with Crippen LogP contribution in [-0.4, -0.2) is 42.9 Å². The second-order valence-electron chi connectivity index (χ2n) is 9.04. The lowest BCUT2D eigenvalue weighted by atomic mass is 9.86. The molecule has 0 radical (unpaired) electrons. The molecule has 3 aromatic rings. The summed E-state index contributed by atoms with van der Waals surface area (Å²) in [6.07, 6.45) is -0.529. The van der Waals surface area contributed by atoms with E-state index < -0.39 is 11.9 Å². The molecular formula is C28H26ClF2NO3. The second kappa shape index (κ2) is 9.88. The molecule has 0 spiro atoms. The van der Waals surface area contributed by atoms with Crippen LogP contribution in [0.15, 0.2) is 60.7 Å². The summed E-state index contributed by atoms with van der Waals surface area (Å²) >= 11 is 6.50. The molecule has 0 aliphatic carbocycles. The molecule has 2 heterocycles. The Labute approximate surface area is 208 Å². The number of rotatable bonds is 7. The SMILES string of the molecule is CC1=C(c2cc(F)ccc2Cl)[C@H](c2ccc(OCCN3CC(CF)C3)cc2)Oc2ccc(O)cc21. The Kier molecular flexibility index (Phi) is 6.67. The van der Waals surface area contributed by atoms with Crippen molar-refractivity contribution in [2.75, 3.05) is 32.9 Å². The number of alkyl halides is 1. The van der Waals surface area contributed by atoms with Gasteiger partial charge in [0.15, 0.2) is 0 Å². The highest BCUT2D eigenvalue weighted by Gasteiger charge is 2.31. The highest BCUT2D eigenvalue weighted by molar-refractivity contribution is 6.32. The van der Waals surface area contributed by atoms with Crippen LogP contribution in [0.4, 0.5) is 8.78 Å². The van der Waals surface area contributed by atoms with Gasteiger partial charge in [0.1, 0.15) is 35.8 Å². The minimum absolute atomic E-state index is 0.120. The van der Waals surface area contributed by atoms with Gasteiger partial charge in [-0.15, -0.1) is 0 Å². The molecule has 35 heavy (non-hydrogen) atoms. The summed E-state index contributed by atoms with van der Waals surface area (Å²) in [5.41, 5.74) is 3.73. The number of likely N-dealkylation sites (tertiary alicyclic amines) is 1. The molecule has 3 aromatic carbocycles. The van der Waals surface area contributed by atoms with Gasteiger partial charge in [0.05, 0.1) is 6.67 Å². The Balaban J connectivity index is 1.41. The number of ether oxygens (including phenoxy) is 2. The van der Waals surface area contributed by atoms with Crippen LogP contribution in [-0.2, 0) is 0 Å². The van der Waals surface area contributed by atoms with Gasteiger partial charge in [0.2, 0.25) is 0 Å². The molecule has 5 rings (SSSR count). The fraction of sp³-hybridized carbons (Fsp3) is 0.286. The number of hydrogen-bond donors (Lipinski definition) is 1. The third kappa shape index (κ3) is 4.86. The van der Waals surface area contributed by atoms with Crippen LogP contribution in [0.3, 0.4) is 0 Å². The lowest BCUT2D eigenvalue weighted by Crippen LogP contribution is -2.49. The molecule has 0 aromatic heterocycles. The van der Waals surface area contributed by atoms with Crippen LogP contribution in [0, 0.1) is 11.7 Å². The third-order valence-electron chi connectivity index (χ3n) is 6.61. The third-order valence-corrected chi connectivity index (χ3v) is 6.94. The van der Waals surface area contributed by atoms with Gasteiger partial charge in [-0.25, -0.2) is 4.39 Å². The number of fused-ring (bicyclic) bond motifs is 1. The first-order chi connectivity index (χ1) is 16.9. The van der Waals surface area contributed by atoms with Crippen molar-refractivity contribution in [2.24, 2.45) is 5.92 Å². The molecule has 1 saturated heterocycles. The molecule has 7 heteroatoms. The number of hydrogen-bond acceptors (Lipinski definition) is 4. The van der Waals surface area contributed by atoms with Crippen molar-refractivity contribution in [1.29, 1.82) is 0 Å². The van der Waals surface area contributed by atoms with E-state index in [2.05, 4.69) is 4.90 Å².